The van der Waals surface area contributed by atoms with Gasteiger partial charge in [-0.25, -0.2) is 4.39 Å². The number of halogens is 1. The van der Waals surface area contributed by atoms with Crippen LogP contribution < -0.4 is 10.6 Å². The monoisotopic (exact) mass is 292 g/mol. The van der Waals surface area contributed by atoms with E-state index in [1.807, 2.05) is 13.8 Å². The van der Waals surface area contributed by atoms with E-state index in [1.54, 1.807) is 6.07 Å². The number of carbonyl (C=O) groups excluding carboxylic acids is 1. The number of rotatable bonds is 5. The highest BCUT2D eigenvalue weighted by Crippen LogP contribution is 2.20. The Bertz CT molecular complexity index is 640. The lowest BCUT2D eigenvalue weighted by Crippen LogP contribution is -2.08. The molecule has 2 rings (SSSR count). The molecule has 6 nitrogen and oxygen atoms in total. The molecule has 0 bridgehead atoms. The van der Waals surface area contributed by atoms with Gasteiger partial charge in [-0.05, 0) is 18.2 Å². The summed E-state index contributed by atoms with van der Waals surface area (Å²) in [5.41, 5.74) is 0.769. The second-order valence-corrected chi connectivity index (χ2v) is 4.93. The smallest absolute Gasteiger partial charge is 0.245 e. The zero-order valence-electron chi connectivity index (χ0n) is 12.1. The molecule has 0 saturated heterocycles. The lowest BCUT2D eigenvalue weighted by Gasteiger charge is -2.08. The van der Waals surface area contributed by atoms with Gasteiger partial charge in [-0.15, -0.1) is 0 Å². The normalized spacial score (nSPS) is 10.7. The number of amides is 1. The Morgan fingerprint density at radius 1 is 1.43 bits per heavy atom. The average molecular weight is 292 g/mol. The van der Waals surface area contributed by atoms with Crippen LogP contribution in [-0.2, 0) is 11.3 Å². The molecule has 1 aromatic carbocycles. The van der Waals surface area contributed by atoms with Gasteiger partial charge in [0, 0.05) is 18.5 Å². The Balaban J connectivity index is 2.03. The second-order valence-electron chi connectivity index (χ2n) is 4.93. The third-order valence-corrected chi connectivity index (χ3v) is 2.72. The highest BCUT2D eigenvalue weighted by Gasteiger charge is 2.10. The van der Waals surface area contributed by atoms with Gasteiger partial charge < -0.3 is 15.2 Å². The van der Waals surface area contributed by atoms with Crippen molar-refractivity contribution in [2.45, 2.75) is 33.2 Å². The van der Waals surface area contributed by atoms with Crippen molar-refractivity contribution in [1.82, 2.24) is 10.1 Å². The van der Waals surface area contributed by atoms with E-state index in [2.05, 4.69) is 20.8 Å². The molecule has 0 spiro atoms. The van der Waals surface area contributed by atoms with E-state index in [0.717, 1.165) is 0 Å². The van der Waals surface area contributed by atoms with Crippen LogP contribution in [0.2, 0.25) is 0 Å². The number of anilines is 2. The summed E-state index contributed by atoms with van der Waals surface area (Å²) in [5, 5.41) is 9.32. The minimum atomic E-state index is -0.490. The summed E-state index contributed by atoms with van der Waals surface area (Å²) in [5.74, 6) is 0.466. The number of nitrogens with one attached hydrogen (secondary N) is 2. The maximum atomic E-state index is 13.5. The molecule has 1 aromatic heterocycles. The van der Waals surface area contributed by atoms with Crippen molar-refractivity contribution in [1.29, 1.82) is 0 Å². The number of aromatic nitrogens is 2. The van der Waals surface area contributed by atoms with Crippen LogP contribution in [0, 0.1) is 5.82 Å². The zero-order chi connectivity index (χ0) is 15.4. The predicted octanol–water partition coefficient (Wildman–Crippen LogP) is 2.90. The van der Waals surface area contributed by atoms with Gasteiger partial charge in [0.25, 0.3) is 0 Å². The molecule has 21 heavy (non-hydrogen) atoms. The highest BCUT2D eigenvalue weighted by atomic mass is 19.1. The summed E-state index contributed by atoms with van der Waals surface area (Å²) >= 11 is 0. The van der Waals surface area contributed by atoms with Gasteiger partial charge in [0.2, 0.25) is 11.8 Å². The van der Waals surface area contributed by atoms with Crippen molar-refractivity contribution in [2.24, 2.45) is 0 Å². The number of nitrogens with zero attached hydrogens (tertiary/aromatic N) is 2. The zero-order valence-corrected chi connectivity index (χ0v) is 12.1. The van der Waals surface area contributed by atoms with E-state index >= 15 is 0 Å². The van der Waals surface area contributed by atoms with Gasteiger partial charge in [0.1, 0.15) is 5.82 Å². The molecule has 112 valence electrons. The summed E-state index contributed by atoms with van der Waals surface area (Å²) < 4.78 is 18.6. The van der Waals surface area contributed by atoms with Crippen LogP contribution in [-0.4, -0.2) is 16.0 Å². The van der Waals surface area contributed by atoms with Gasteiger partial charge in [-0.3, -0.25) is 4.79 Å². The largest absolute Gasteiger partial charge is 0.376 e. The van der Waals surface area contributed by atoms with E-state index in [4.69, 9.17) is 4.52 Å². The lowest BCUT2D eigenvalue weighted by atomic mass is 10.2. The summed E-state index contributed by atoms with van der Waals surface area (Å²) in [7, 11) is 0. The molecule has 1 heterocycles. The van der Waals surface area contributed by atoms with Gasteiger partial charge in [0.05, 0.1) is 12.2 Å². The molecular formula is C14H17FN4O2. The molecular weight excluding hydrogens is 275 g/mol. The van der Waals surface area contributed by atoms with E-state index in [0.29, 0.717) is 23.9 Å². The molecule has 1 amide bonds. The van der Waals surface area contributed by atoms with E-state index in [9.17, 15) is 9.18 Å². The first-order valence-electron chi connectivity index (χ1n) is 6.59. The van der Waals surface area contributed by atoms with Crippen LogP contribution in [0.3, 0.4) is 0 Å². The maximum Gasteiger partial charge on any atom is 0.245 e. The Kier molecular flexibility index (Phi) is 4.52. The third-order valence-electron chi connectivity index (χ3n) is 2.72. The molecule has 0 aliphatic heterocycles. The van der Waals surface area contributed by atoms with Gasteiger partial charge in [-0.1, -0.05) is 19.0 Å². The van der Waals surface area contributed by atoms with Crippen LogP contribution in [0.1, 0.15) is 38.4 Å². The van der Waals surface area contributed by atoms with Crippen LogP contribution >= 0.6 is 0 Å². The van der Waals surface area contributed by atoms with Crippen molar-refractivity contribution in [3.05, 3.63) is 35.7 Å². The van der Waals surface area contributed by atoms with Gasteiger partial charge >= 0.3 is 0 Å². The fourth-order valence-electron chi connectivity index (χ4n) is 1.67. The van der Waals surface area contributed by atoms with E-state index < -0.39 is 5.82 Å². The molecule has 2 N–H and O–H groups in total. The number of hydrogen-bond acceptors (Lipinski definition) is 5. The number of carbonyl (C=O) groups is 1. The summed E-state index contributed by atoms with van der Waals surface area (Å²) in [4.78, 5) is 15.2. The highest BCUT2D eigenvalue weighted by molar-refractivity contribution is 5.89. The third kappa shape index (κ3) is 4.01. The fraction of sp³-hybridized carbons (Fsp3) is 0.357. The average Bonchev–Trinajstić information content (AvgIpc) is 2.88. The minimum Gasteiger partial charge on any atom is -0.376 e. The second kappa shape index (κ2) is 6.34. The molecule has 0 radical (unpaired) electrons. The molecule has 0 fully saturated rings. The molecule has 0 atom stereocenters. The van der Waals surface area contributed by atoms with Gasteiger partial charge in [0.15, 0.2) is 5.82 Å². The standard InChI is InChI=1S/C14H17FN4O2/c1-8(2)14-18-13(21-19-14)7-16-10-4-5-11(15)12(6-10)17-9(3)20/h4-6,8,16H,7H2,1-3H3,(H,17,20). The first-order chi connectivity index (χ1) is 9.95. The Hall–Kier alpha value is -2.44. The minimum absolute atomic E-state index is 0.126. The lowest BCUT2D eigenvalue weighted by molar-refractivity contribution is -0.114. The number of hydrogen-bond donors (Lipinski definition) is 2. The van der Waals surface area contributed by atoms with Crippen molar-refractivity contribution < 1.29 is 13.7 Å². The molecule has 0 aliphatic rings. The van der Waals surface area contributed by atoms with Crippen molar-refractivity contribution >= 4 is 17.3 Å². The van der Waals surface area contributed by atoms with Crippen LogP contribution in [0.5, 0.6) is 0 Å². The summed E-state index contributed by atoms with van der Waals surface area (Å²) in [6, 6.07) is 4.36. The van der Waals surface area contributed by atoms with Crippen molar-refractivity contribution in [3.63, 3.8) is 0 Å². The van der Waals surface area contributed by atoms with Crippen LogP contribution in [0.4, 0.5) is 15.8 Å². The van der Waals surface area contributed by atoms with Crippen LogP contribution in [0.25, 0.3) is 0 Å². The van der Waals surface area contributed by atoms with Crippen molar-refractivity contribution in [3.8, 4) is 0 Å². The molecule has 7 heteroatoms. The topological polar surface area (TPSA) is 80.0 Å². The SMILES string of the molecule is CC(=O)Nc1cc(NCc2nc(C(C)C)no2)ccc1F. The summed E-state index contributed by atoms with van der Waals surface area (Å²) in [6.45, 7) is 5.60. The van der Waals surface area contributed by atoms with Crippen LogP contribution in [0.15, 0.2) is 22.7 Å². The Labute approximate surface area is 121 Å². The Morgan fingerprint density at radius 3 is 2.81 bits per heavy atom. The quantitative estimate of drug-likeness (QED) is 0.885. The Morgan fingerprint density at radius 2 is 2.19 bits per heavy atom. The first-order valence-corrected chi connectivity index (χ1v) is 6.59. The molecule has 0 unspecified atom stereocenters. The van der Waals surface area contributed by atoms with E-state index in [-0.39, 0.29) is 17.5 Å². The summed E-state index contributed by atoms with van der Waals surface area (Å²) in [6.07, 6.45) is 0. The van der Waals surface area contributed by atoms with Gasteiger partial charge in [-0.2, -0.15) is 4.98 Å². The number of benzene rings is 1. The molecule has 0 saturated carbocycles. The molecule has 0 aliphatic carbocycles. The van der Waals surface area contributed by atoms with Crippen molar-refractivity contribution in [2.75, 3.05) is 10.6 Å². The fourth-order valence-corrected chi connectivity index (χ4v) is 1.67. The predicted molar refractivity (Wildman–Crippen MR) is 76.4 cm³/mol. The van der Waals surface area contributed by atoms with E-state index in [1.165, 1.54) is 19.1 Å². The maximum absolute atomic E-state index is 13.5. The molecule has 2 aromatic rings. The first kappa shape index (κ1) is 15.0.